The van der Waals surface area contributed by atoms with Gasteiger partial charge in [0.05, 0.1) is 0 Å². The lowest BCUT2D eigenvalue weighted by Gasteiger charge is -2.34. The highest BCUT2D eigenvalue weighted by Gasteiger charge is 2.20. The van der Waals surface area contributed by atoms with Crippen LogP contribution in [-0.4, -0.2) is 63.7 Å². The zero-order chi connectivity index (χ0) is 17.5. The smallest absolute Gasteiger partial charge is 0.223 e. The second-order valence-corrected chi connectivity index (χ2v) is 7.47. The van der Waals surface area contributed by atoms with Crippen molar-refractivity contribution < 1.29 is 4.79 Å². The van der Waals surface area contributed by atoms with E-state index in [1.807, 2.05) is 42.4 Å². The van der Waals surface area contributed by atoms with E-state index >= 15 is 0 Å². The number of benzene rings is 1. The molecule has 134 valence electrons. The van der Waals surface area contributed by atoms with Crippen LogP contribution in [0.3, 0.4) is 0 Å². The summed E-state index contributed by atoms with van der Waals surface area (Å²) in [4.78, 5) is 22.3. The van der Waals surface area contributed by atoms with Crippen molar-refractivity contribution in [1.29, 1.82) is 0 Å². The van der Waals surface area contributed by atoms with E-state index in [0.717, 1.165) is 50.8 Å². The molecule has 1 saturated heterocycles. The van der Waals surface area contributed by atoms with Gasteiger partial charge in [0, 0.05) is 68.7 Å². The molecule has 1 amide bonds. The Balaban J connectivity index is 1.34. The second-order valence-electron chi connectivity index (χ2n) is 6.30. The molecule has 3 rings (SSSR count). The molecule has 0 atom stereocenters. The van der Waals surface area contributed by atoms with Crippen LogP contribution in [0.15, 0.2) is 47.6 Å². The van der Waals surface area contributed by atoms with Gasteiger partial charge in [0.15, 0.2) is 0 Å². The minimum Gasteiger partial charge on any atom is -0.340 e. The SMILES string of the molecule is Cc1nccn1CCN1CCN(C(=O)CCSc2ccccc2)CC1. The van der Waals surface area contributed by atoms with Crippen molar-refractivity contribution in [2.75, 3.05) is 38.5 Å². The molecule has 6 heteroatoms. The largest absolute Gasteiger partial charge is 0.340 e. The monoisotopic (exact) mass is 358 g/mol. The molecule has 1 aromatic heterocycles. The number of nitrogens with zero attached hydrogens (tertiary/aromatic N) is 4. The van der Waals surface area contributed by atoms with Crippen LogP contribution < -0.4 is 0 Å². The first kappa shape index (κ1) is 18.0. The summed E-state index contributed by atoms with van der Waals surface area (Å²) in [6.07, 6.45) is 4.49. The van der Waals surface area contributed by atoms with Crippen LogP contribution in [0.1, 0.15) is 12.2 Å². The topological polar surface area (TPSA) is 41.4 Å². The lowest BCUT2D eigenvalue weighted by atomic mass is 10.3. The van der Waals surface area contributed by atoms with Crippen molar-refractivity contribution in [3.63, 3.8) is 0 Å². The number of hydrogen-bond acceptors (Lipinski definition) is 4. The number of thioether (sulfide) groups is 1. The Morgan fingerprint density at radius 1 is 1.12 bits per heavy atom. The number of amides is 1. The fraction of sp³-hybridized carbons (Fsp3) is 0.474. The van der Waals surface area contributed by atoms with Crippen LogP contribution in [0, 0.1) is 6.92 Å². The lowest BCUT2D eigenvalue weighted by Crippen LogP contribution is -2.49. The van der Waals surface area contributed by atoms with Crippen LogP contribution in [0.5, 0.6) is 0 Å². The van der Waals surface area contributed by atoms with Crippen molar-refractivity contribution in [3.05, 3.63) is 48.5 Å². The number of rotatable bonds is 7. The van der Waals surface area contributed by atoms with Crippen LogP contribution >= 0.6 is 11.8 Å². The predicted molar refractivity (Wildman–Crippen MR) is 102 cm³/mol. The molecule has 25 heavy (non-hydrogen) atoms. The quantitative estimate of drug-likeness (QED) is 0.713. The van der Waals surface area contributed by atoms with Crippen molar-refractivity contribution in [1.82, 2.24) is 19.4 Å². The van der Waals surface area contributed by atoms with E-state index in [1.54, 1.807) is 11.8 Å². The molecule has 0 bridgehead atoms. The highest BCUT2D eigenvalue weighted by Crippen LogP contribution is 2.18. The first-order valence-electron chi connectivity index (χ1n) is 8.88. The van der Waals surface area contributed by atoms with E-state index in [-0.39, 0.29) is 5.91 Å². The number of carbonyl (C=O) groups is 1. The maximum atomic E-state index is 12.4. The molecule has 0 aliphatic carbocycles. The maximum Gasteiger partial charge on any atom is 0.223 e. The van der Waals surface area contributed by atoms with Gasteiger partial charge in [0.2, 0.25) is 5.91 Å². The molecule has 0 unspecified atom stereocenters. The standard InChI is InChI=1S/C19H26N4OS/c1-17-20-8-9-22(17)13-10-21-11-14-23(15-12-21)19(24)7-16-25-18-5-3-2-4-6-18/h2-6,8-9H,7,10-16H2,1H3. The Bertz CT molecular complexity index is 665. The highest BCUT2D eigenvalue weighted by molar-refractivity contribution is 7.99. The molecule has 0 radical (unpaired) electrons. The molecule has 1 aliphatic rings. The highest BCUT2D eigenvalue weighted by atomic mass is 32.2. The molecule has 0 saturated carbocycles. The van der Waals surface area contributed by atoms with Gasteiger partial charge in [-0.2, -0.15) is 0 Å². The summed E-state index contributed by atoms with van der Waals surface area (Å²) in [5.74, 6) is 2.20. The average Bonchev–Trinajstić information content (AvgIpc) is 3.06. The number of aromatic nitrogens is 2. The zero-order valence-corrected chi connectivity index (χ0v) is 15.6. The molecule has 0 spiro atoms. The first-order valence-corrected chi connectivity index (χ1v) is 9.86. The number of carbonyl (C=O) groups excluding carboxylic acids is 1. The third-order valence-corrected chi connectivity index (χ3v) is 5.65. The van der Waals surface area contributed by atoms with Gasteiger partial charge in [0.1, 0.15) is 5.82 Å². The van der Waals surface area contributed by atoms with Crippen molar-refractivity contribution in [2.45, 2.75) is 24.8 Å². The summed E-state index contributed by atoms with van der Waals surface area (Å²) >= 11 is 1.75. The third-order valence-electron chi connectivity index (χ3n) is 4.63. The Kier molecular flexibility index (Phi) is 6.53. The zero-order valence-electron chi connectivity index (χ0n) is 14.8. The second kappa shape index (κ2) is 9.06. The normalized spacial score (nSPS) is 15.5. The molecule has 5 nitrogen and oxygen atoms in total. The lowest BCUT2D eigenvalue weighted by molar-refractivity contribution is -0.132. The molecular formula is C19H26N4OS. The van der Waals surface area contributed by atoms with E-state index in [1.165, 1.54) is 4.90 Å². The summed E-state index contributed by atoms with van der Waals surface area (Å²) in [5, 5.41) is 0. The van der Waals surface area contributed by atoms with Gasteiger partial charge in [0.25, 0.3) is 0 Å². The fourth-order valence-electron chi connectivity index (χ4n) is 3.04. The number of piperazine rings is 1. The molecular weight excluding hydrogens is 332 g/mol. The number of imidazole rings is 1. The summed E-state index contributed by atoms with van der Waals surface area (Å²) in [5.41, 5.74) is 0. The minimum atomic E-state index is 0.286. The number of hydrogen-bond donors (Lipinski definition) is 0. The molecule has 2 aromatic rings. The predicted octanol–water partition coefficient (Wildman–Crippen LogP) is 2.52. The van der Waals surface area contributed by atoms with E-state index in [2.05, 4.69) is 26.6 Å². The Morgan fingerprint density at radius 3 is 2.56 bits per heavy atom. The summed E-state index contributed by atoms with van der Waals surface area (Å²) in [7, 11) is 0. The van der Waals surface area contributed by atoms with Crippen molar-refractivity contribution in [3.8, 4) is 0 Å². The molecule has 1 aliphatic heterocycles. The first-order chi connectivity index (χ1) is 12.2. The average molecular weight is 359 g/mol. The molecule has 0 N–H and O–H groups in total. The third kappa shape index (κ3) is 5.34. The van der Waals surface area contributed by atoms with Gasteiger partial charge in [-0.15, -0.1) is 11.8 Å². The van der Waals surface area contributed by atoms with Gasteiger partial charge in [-0.05, 0) is 19.1 Å². The Labute approximate surface area is 154 Å². The van der Waals surface area contributed by atoms with Crippen LogP contribution in [0.2, 0.25) is 0 Å². The van der Waals surface area contributed by atoms with Crippen LogP contribution in [-0.2, 0) is 11.3 Å². The van der Waals surface area contributed by atoms with Crippen LogP contribution in [0.4, 0.5) is 0 Å². The van der Waals surface area contributed by atoms with Crippen LogP contribution in [0.25, 0.3) is 0 Å². The summed E-state index contributed by atoms with van der Waals surface area (Å²) in [6, 6.07) is 10.3. The van der Waals surface area contributed by atoms with Gasteiger partial charge in [-0.1, -0.05) is 18.2 Å². The maximum absolute atomic E-state index is 12.4. The fourth-order valence-corrected chi connectivity index (χ4v) is 3.90. The van der Waals surface area contributed by atoms with Gasteiger partial charge < -0.3 is 9.47 Å². The Morgan fingerprint density at radius 2 is 1.88 bits per heavy atom. The van der Waals surface area contributed by atoms with E-state index in [9.17, 15) is 4.79 Å². The minimum absolute atomic E-state index is 0.286. The Hall–Kier alpha value is -1.79. The van der Waals surface area contributed by atoms with Gasteiger partial charge >= 0.3 is 0 Å². The van der Waals surface area contributed by atoms with E-state index in [4.69, 9.17) is 0 Å². The molecule has 1 aromatic carbocycles. The van der Waals surface area contributed by atoms with Crippen molar-refractivity contribution in [2.24, 2.45) is 0 Å². The molecule has 2 heterocycles. The van der Waals surface area contributed by atoms with Gasteiger partial charge in [-0.3, -0.25) is 9.69 Å². The summed E-state index contributed by atoms with van der Waals surface area (Å²) in [6.45, 7) is 7.63. The number of aryl methyl sites for hydroxylation is 1. The van der Waals surface area contributed by atoms with Gasteiger partial charge in [-0.25, -0.2) is 4.98 Å². The molecule has 1 fully saturated rings. The van der Waals surface area contributed by atoms with E-state index in [0.29, 0.717) is 6.42 Å². The summed E-state index contributed by atoms with van der Waals surface area (Å²) < 4.78 is 2.18. The van der Waals surface area contributed by atoms with Crippen molar-refractivity contribution >= 4 is 17.7 Å². The van der Waals surface area contributed by atoms with E-state index < -0.39 is 0 Å².